The molecule has 1 aliphatic heterocycles. The molecule has 1 aliphatic rings. The van der Waals surface area contributed by atoms with Gasteiger partial charge in [0.05, 0.1) is 12.3 Å². The van der Waals surface area contributed by atoms with E-state index in [-0.39, 0.29) is 11.9 Å². The van der Waals surface area contributed by atoms with E-state index in [1.807, 2.05) is 26.0 Å². The van der Waals surface area contributed by atoms with Crippen molar-refractivity contribution in [3.63, 3.8) is 0 Å². The maximum atomic E-state index is 11.9. The van der Waals surface area contributed by atoms with Crippen LogP contribution in [-0.2, 0) is 10.0 Å². The van der Waals surface area contributed by atoms with Crippen LogP contribution in [0.2, 0.25) is 0 Å². The molecule has 2 rings (SSSR count). The summed E-state index contributed by atoms with van der Waals surface area (Å²) in [5.41, 5.74) is 1.07. The second kappa shape index (κ2) is 5.88. The Bertz CT molecular complexity index is 513. The molecule has 1 fully saturated rings. The summed E-state index contributed by atoms with van der Waals surface area (Å²) in [4.78, 5) is 4.18. The molecule has 2 heterocycles. The number of pyridine rings is 1. The molecule has 0 saturated carbocycles. The van der Waals surface area contributed by atoms with Crippen LogP contribution in [0.3, 0.4) is 0 Å². The molecule has 19 heavy (non-hydrogen) atoms. The zero-order valence-electron chi connectivity index (χ0n) is 11.4. The lowest BCUT2D eigenvalue weighted by atomic mass is 10.3. The van der Waals surface area contributed by atoms with Crippen LogP contribution in [0, 0.1) is 6.92 Å². The molecule has 5 nitrogen and oxygen atoms in total. The zero-order chi connectivity index (χ0) is 13.9. The third-order valence-corrected chi connectivity index (χ3v) is 5.18. The number of aromatic nitrogens is 1. The highest BCUT2D eigenvalue weighted by atomic mass is 32.2. The highest BCUT2D eigenvalue weighted by Crippen LogP contribution is 2.19. The van der Waals surface area contributed by atoms with Crippen LogP contribution in [0.4, 0.5) is 0 Å². The number of hydrogen-bond donors (Lipinski definition) is 0. The topological polar surface area (TPSA) is 59.5 Å². The fourth-order valence-electron chi connectivity index (χ4n) is 2.13. The summed E-state index contributed by atoms with van der Waals surface area (Å²) in [7, 11) is -3.11. The number of rotatable bonds is 5. The maximum Gasteiger partial charge on any atom is 0.214 e. The fourth-order valence-corrected chi connectivity index (χ4v) is 3.68. The average molecular weight is 284 g/mol. The first-order valence-corrected chi connectivity index (χ1v) is 8.19. The van der Waals surface area contributed by atoms with Gasteiger partial charge in [0.25, 0.3) is 0 Å². The Hall–Kier alpha value is -1.14. The number of ether oxygens (including phenoxy) is 1. The Labute approximate surface area is 114 Å². The lowest BCUT2D eigenvalue weighted by molar-refractivity contribution is 0.207. The van der Waals surface area contributed by atoms with Crippen molar-refractivity contribution in [2.75, 3.05) is 18.8 Å². The van der Waals surface area contributed by atoms with E-state index in [4.69, 9.17) is 4.74 Å². The Balaban J connectivity index is 1.94. The van der Waals surface area contributed by atoms with Crippen LogP contribution in [0.25, 0.3) is 0 Å². The molecule has 0 aliphatic carbocycles. The van der Waals surface area contributed by atoms with E-state index >= 15 is 0 Å². The molecule has 6 heteroatoms. The van der Waals surface area contributed by atoms with E-state index in [0.717, 1.165) is 12.0 Å². The van der Waals surface area contributed by atoms with E-state index in [9.17, 15) is 8.42 Å². The van der Waals surface area contributed by atoms with Crippen LogP contribution in [0.15, 0.2) is 18.3 Å². The summed E-state index contributed by atoms with van der Waals surface area (Å²) >= 11 is 0. The lowest BCUT2D eigenvalue weighted by Gasteiger charge is -2.16. The minimum absolute atomic E-state index is 0.0955. The number of sulfonamides is 1. The van der Waals surface area contributed by atoms with Crippen molar-refractivity contribution in [3.8, 4) is 5.88 Å². The molecule has 0 radical (unpaired) electrons. The molecule has 1 aromatic rings. The van der Waals surface area contributed by atoms with E-state index in [1.54, 1.807) is 6.20 Å². The molecule has 0 amide bonds. The predicted octanol–water partition coefficient (Wildman–Crippen LogP) is 1.58. The van der Waals surface area contributed by atoms with Gasteiger partial charge in [0.15, 0.2) is 0 Å². The molecule has 1 atom stereocenters. The van der Waals surface area contributed by atoms with Crippen LogP contribution in [0.1, 0.15) is 25.3 Å². The van der Waals surface area contributed by atoms with E-state index in [1.165, 1.54) is 4.31 Å². The smallest absolute Gasteiger partial charge is 0.214 e. The summed E-state index contributed by atoms with van der Waals surface area (Å²) in [5, 5.41) is 0. The Morgan fingerprint density at radius 2 is 2.26 bits per heavy atom. The summed E-state index contributed by atoms with van der Waals surface area (Å²) in [6, 6.07) is 3.75. The highest BCUT2D eigenvalue weighted by molar-refractivity contribution is 7.89. The van der Waals surface area contributed by atoms with Gasteiger partial charge in [-0.25, -0.2) is 13.4 Å². The molecular formula is C13H20N2O3S. The van der Waals surface area contributed by atoms with Crippen LogP contribution in [-0.4, -0.2) is 42.7 Å². The Morgan fingerprint density at radius 1 is 1.47 bits per heavy atom. The predicted molar refractivity (Wildman–Crippen MR) is 73.7 cm³/mol. The third-order valence-electron chi connectivity index (χ3n) is 3.13. The van der Waals surface area contributed by atoms with Gasteiger partial charge in [0.2, 0.25) is 15.9 Å². The second-order valence-electron chi connectivity index (χ2n) is 4.88. The van der Waals surface area contributed by atoms with Crippen LogP contribution in [0.5, 0.6) is 5.88 Å². The Kier molecular flexibility index (Phi) is 4.42. The second-order valence-corrected chi connectivity index (χ2v) is 6.96. The van der Waals surface area contributed by atoms with Gasteiger partial charge in [-0.3, -0.25) is 0 Å². The van der Waals surface area contributed by atoms with Crippen molar-refractivity contribution in [3.05, 3.63) is 23.9 Å². The van der Waals surface area contributed by atoms with Gasteiger partial charge in [0.1, 0.15) is 6.10 Å². The first-order valence-electron chi connectivity index (χ1n) is 6.58. The average Bonchev–Trinajstić information content (AvgIpc) is 2.81. The summed E-state index contributed by atoms with van der Waals surface area (Å²) in [6.45, 7) is 4.81. The van der Waals surface area contributed by atoms with Gasteiger partial charge in [-0.2, -0.15) is 4.31 Å². The van der Waals surface area contributed by atoms with Gasteiger partial charge >= 0.3 is 0 Å². The quantitative estimate of drug-likeness (QED) is 0.823. The number of aryl methyl sites for hydroxylation is 1. The fraction of sp³-hybridized carbons (Fsp3) is 0.615. The van der Waals surface area contributed by atoms with Gasteiger partial charge in [-0.05, 0) is 25.3 Å². The molecular weight excluding hydrogens is 264 g/mol. The van der Waals surface area contributed by atoms with Crippen molar-refractivity contribution in [2.24, 2.45) is 0 Å². The van der Waals surface area contributed by atoms with Crippen molar-refractivity contribution < 1.29 is 13.2 Å². The van der Waals surface area contributed by atoms with Crippen molar-refractivity contribution in [1.29, 1.82) is 0 Å². The van der Waals surface area contributed by atoms with Crippen LogP contribution < -0.4 is 4.74 Å². The maximum absolute atomic E-state index is 11.9. The first kappa shape index (κ1) is 14.3. The van der Waals surface area contributed by atoms with Gasteiger partial charge in [-0.1, -0.05) is 13.0 Å². The zero-order valence-corrected chi connectivity index (χ0v) is 12.2. The molecule has 106 valence electrons. The molecule has 1 saturated heterocycles. The standard InChI is InChI=1S/C13H20N2O3S/c1-3-8-19(16,17)15-7-6-12(10-15)18-13-5-4-11(2)9-14-13/h4-5,9,12H,3,6-8,10H2,1-2H3. The summed E-state index contributed by atoms with van der Waals surface area (Å²) in [5.74, 6) is 0.771. The summed E-state index contributed by atoms with van der Waals surface area (Å²) < 4.78 is 31.1. The first-order chi connectivity index (χ1) is 9.01. The van der Waals surface area contributed by atoms with Crippen molar-refractivity contribution in [2.45, 2.75) is 32.8 Å². The van der Waals surface area contributed by atoms with Gasteiger partial charge in [-0.15, -0.1) is 0 Å². The molecule has 0 spiro atoms. The molecule has 0 aromatic carbocycles. The van der Waals surface area contributed by atoms with Crippen molar-refractivity contribution in [1.82, 2.24) is 9.29 Å². The number of hydrogen-bond acceptors (Lipinski definition) is 4. The highest BCUT2D eigenvalue weighted by Gasteiger charge is 2.31. The normalized spacial score (nSPS) is 20.6. The molecule has 0 bridgehead atoms. The molecule has 1 unspecified atom stereocenters. The third kappa shape index (κ3) is 3.67. The minimum atomic E-state index is -3.11. The van der Waals surface area contributed by atoms with E-state index in [2.05, 4.69) is 4.98 Å². The van der Waals surface area contributed by atoms with E-state index in [0.29, 0.717) is 25.4 Å². The Morgan fingerprint density at radius 3 is 2.89 bits per heavy atom. The minimum Gasteiger partial charge on any atom is -0.473 e. The lowest BCUT2D eigenvalue weighted by Crippen LogP contribution is -2.32. The molecule has 1 aromatic heterocycles. The summed E-state index contributed by atoms with van der Waals surface area (Å²) in [6.07, 6.45) is 3.01. The van der Waals surface area contributed by atoms with Crippen molar-refractivity contribution >= 4 is 10.0 Å². The SMILES string of the molecule is CCCS(=O)(=O)N1CCC(Oc2ccc(C)cn2)C1. The van der Waals surface area contributed by atoms with Crippen LogP contribution >= 0.6 is 0 Å². The van der Waals surface area contributed by atoms with Gasteiger partial charge < -0.3 is 4.74 Å². The number of nitrogens with zero attached hydrogens (tertiary/aromatic N) is 2. The van der Waals surface area contributed by atoms with E-state index < -0.39 is 10.0 Å². The largest absolute Gasteiger partial charge is 0.473 e. The monoisotopic (exact) mass is 284 g/mol. The molecule has 0 N–H and O–H groups in total. The van der Waals surface area contributed by atoms with Gasteiger partial charge in [0, 0.05) is 18.8 Å².